The standard InChI is InChI=1S/C10H10N2O4/c13-10(14)11-8-5-4-7-6(8)2-1-3-9(7)12(15)16/h1-3,8,11H,4-5H2,(H,13,14). The van der Waals surface area contributed by atoms with Crippen LogP contribution in [0.3, 0.4) is 0 Å². The van der Waals surface area contributed by atoms with Crippen LogP contribution in [0.2, 0.25) is 0 Å². The molecule has 6 nitrogen and oxygen atoms in total. The average molecular weight is 222 g/mol. The van der Waals surface area contributed by atoms with Gasteiger partial charge < -0.3 is 10.4 Å². The molecule has 6 heteroatoms. The van der Waals surface area contributed by atoms with Crippen molar-refractivity contribution in [3.05, 3.63) is 39.4 Å². The highest BCUT2D eigenvalue weighted by atomic mass is 16.6. The van der Waals surface area contributed by atoms with E-state index in [1.54, 1.807) is 12.1 Å². The molecule has 1 unspecified atom stereocenters. The number of carbonyl (C=O) groups is 1. The molecule has 1 aliphatic rings. The zero-order chi connectivity index (χ0) is 11.7. The van der Waals surface area contributed by atoms with Crippen LogP contribution in [0.25, 0.3) is 0 Å². The number of nitro groups is 1. The van der Waals surface area contributed by atoms with E-state index in [0.29, 0.717) is 18.4 Å². The molecule has 1 atom stereocenters. The summed E-state index contributed by atoms with van der Waals surface area (Å²) in [6.07, 6.45) is 0.00792. The summed E-state index contributed by atoms with van der Waals surface area (Å²) in [5.41, 5.74) is 1.44. The molecular weight excluding hydrogens is 212 g/mol. The lowest BCUT2D eigenvalue weighted by Crippen LogP contribution is -2.24. The van der Waals surface area contributed by atoms with Crippen LogP contribution in [0.15, 0.2) is 18.2 Å². The Balaban J connectivity index is 2.37. The molecule has 0 saturated carbocycles. The van der Waals surface area contributed by atoms with Gasteiger partial charge in [-0.3, -0.25) is 10.1 Å². The van der Waals surface area contributed by atoms with Gasteiger partial charge in [0, 0.05) is 11.6 Å². The van der Waals surface area contributed by atoms with Crippen LogP contribution in [0, 0.1) is 10.1 Å². The maximum atomic E-state index is 10.8. The third-order valence-electron chi connectivity index (χ3n) is 2.74. The molecule has 1 aliphatic carbocycles. The van der Waals surface area contributed by atoms with Crippen LogP contribution >= 0.6 is 0 Å². The maximum absolute atomic E-state index is 10.8. The molecule has 1 aromatic carbocycles. The number of fused-ring (bicyclic) bond motifs is 1. The number of hydrogen-bond acceptors (Lipinski definition) is 3. The molecule has 0 aliphatic heterocycles. The first kappa shape index (κ1) is 10.4. The molecule has 0 saturated heterocycles. The van der Waals surface area contributed by atoms with Gasteiger partial charge in [0.05, 0.1) is 11.0 Å². The summed E-state index contributed by atoms with van der Waals surface area (Å²) in [5, 5.41) is 21.7. The predicted molar refractivity (Wildman–Crippen MR) is 55.3 cm³/mol. The van der Waals surface area contributed by atoms with Crippen molar-refractivity contribution >= 4 is 11.8 Å². The van der Waals surface area contributed by atoms with E-state index in [2.05, 4.69) is 5.32 Å². The van der Waals surface area contributed by atoms with Crippen LogP contribution in [0.1, 0.15) is 23.6 Å². The number of rotatable bonds is 2. The van der Waals surface area contributed by atoms with Crippen LogP contribution in [0.4, 0.5) is 10.5 Å². The topological polar surface area (TPSA) is 92.5 Å². The molecule has 16 heavy (non-hydrogen) atoms. The van der Waals surface area contributed by atoms with Gasteiger partial charge in [-0.25, -0.2) is 4.79 Å². The molecule has 0 aromatic heterocycles. The second-order valence-electron chi connectivity index (χ2n) is 3.64. The van der Waals surface area contributed by atoms with Gasteiger partial charge in [-0.1, -0.05) is 12.1 Å². The number of nitrogens with zero attached hydrogens (tertiary/aromatic N) is 1. The quantitative estimate of drug-likeness (QED) is 0.589. The first-order valence-corrected chi connectivity index (χ1v) is 4.85. The fraction of sp³-hybridized carbons (Fsp3) is 0.300. The van der Waals surface area contributed by atoms with Gasteiger partial charge in [-0.15, -0.1) is 0 Å². The average Bonchev–Trinajstić information content (AvgIpc) is 2.60. The highest BCUT2D eigenvalue weighted by Crippen LogP contribution is 2.36. The van der Waals surface area contributed by atoms with E-state index in [4.69, 9.17) is 5.11 Å². The van der Waals surface area contributed by atoms with Gasteiger partial charge >= 0.3 is 6.09 Å². The lowest BCUT2D eigenvalue weighted by Gasteiger charge is -2.10. The molecule has 2 rings (SSSR count). The third kappa shape index (κ3) is 1.69. The molecule has 1 amide bonds. The van der Waals surface area contributed by atoms with Crippen LogP contribution in [-0.2, 0) is 6.42 Å². The van der Waals surface area contributed by atoms with Crippen molar-refractivity contribution in [2.75, 3.05) is 0 Å². The minimum atomic E-state index is -1.11. The minimum Gasteiger partial charge on any atom is -0.465 e. The van der Waals surface area contributed by atoms with Crippen molar-refractivity contribution in [2.45, 2.75) is 18.9 Å². The van der Waals surface area contributed by atoms with E-state index in [-0.39, 0.29) is 11.7 Å². The SMILES string of the molecule is O=C(O)NC1CCc2c1cccc2[N+](=O)[O-]. The van der Waals surface area contributed by atoms with Crippen molar-refractivity contribution in [3.8, 4) is 0 Å². The van der Waals surface area contributed by atoms with Gasteiger partial charge in [0.25, 0.3) is 5.69 Å². The highest BCUT2D eigenvalue weighted by Gasteiger charge is 2.29. The normalized spacial score (nSPS) is 17.9. The number of carboxylic acid groups (broad SMARTS) is 1. The Morgan fingerprint density at radius 3 is 2.94 bits per heavy atom. The van der Waals surface area contributed by atoms with Crippen LogP contribution < -0.4 is 5.32 Å². The van der Waals surface area contributed by atoms with Gasteiger partial charge in [0.2, 0.25) is 0 Å². The fourth-order valence-corrected chi connectivity index (χ4v) is 2.11. The monoisotopic (exact) mass is 222 g/mol. The van der Waals surface area contributed by atoms with Gasteiger partial charge in [0.15, 0.2) is 0 Å². The molecule has 0 spiro atoms. The van der Waals surface area contributed by atoms with E-state index in [9.17, 15) is 14.9 Å². The largest absolute Gasteiger partial charge is 0.465 e. The number of hydrogen-bond donors (Lipinski definition) is 2. The van der Waals surface area contributed by atoms with Crippen molar-refractivity contribution in [1.29, 1.82) is 0 Å². The number of nitro benzene ring substituents is 1. The fourth-order valence-electron chi connectivity index (χ4n) is 2.11. The van der Waals surface area contributed by atoms with Gasteiger partial charge in [-0.2, -0.15) is 0 Å². The van der Waals surface area contributed by atoms with Crippen molar-refractivity contribution in [3.63, 3.8) is 0 Å². The van der Waals surface area contributed by atoms with Crippen molar-refractivity contribution < 1.29 is 14.8 Å². The maximum Gasteiger partial charge on any atom is 0.405 e. The Kier molecular flexibility index (Phi) is 2.47. The predicted octanol–water partition coefficient (Wildman–Crippen LogP) is 1.85. The third-order valence-corrected chi connectivity index (χ3v) is 2.74. The molecule has 1 aromatic rings. The smallest absolute Gasteiger partial charge is 0.405 e. The molecule has 84 valence electrons. The zero-order valence-electron chi connectivity index (χ0n) is 8.34. The summed E-state index contributed by atoms with van der Waals surface area (Å²) < 4.78 is 0. The Bertz CT molecular complexity index is 458. The Morgan fingerprint density at radius 1 is 1.56 bits per heavy atom. The molecular formula is C10H10N2O4. The lowest BCUT2D eigenvalue weighted by molar-refractivity contribution is -0.385. The Morgan fingerprint density at radius 2 is 2.31 bits per heavy atom. The second kappa shape index (κ2) is 3.80. The Labute approximate surface area is 91.0 Å². The van der Waals surface area contributed by atoms with E-state index < -0.39 is 11.0 Å². The zero-order valence-corrected chi connectivity index (χ0v) is 8.34. The summed E-state index contributed by atoms with van der Waals surface area (Å²) in [7, 11) is 0. The van der Waals surface area contributed by atoms with E-state index in [0.717, 1.165) is 5.56 Å². The molecule has 0 fully saturated rings. The van der Waals surface area contributed by atoms with E-state index in [1.807, 2.05) is 0 Å². The molecule has 0 radical (unpaired) electrons. The summed E-state index contributed by atoms with van der Waals surface area (Å²) in [5.74, 6) is 0. The van der Waals surface area contributed by atoms with Crippen LogP contribution in [-0.4, -0.2) is 16.1 Å². The summed E-state index contributed by atoms with van der Waals surface area (Å²) in [6, 6.07) is 4.43. The summed E-state index contributed by atoms with van der Waals surface area (Å²) >= 11 is 0. The number of benzene rings is 1. The van der Waals surface area contributed by atoms with Crippen LogP contribution in [0.5, 0.6) is 0 Å². The molecule has 0 heterocycles. The Hall–Kier alpha value is -2.11. The first-order chi connectivity index (χ1) is 7.59. The molecule has 0 bridgehead atoms. The number of amides is 1. The number of nitrogens with one attached hydrogen (secondary N) is 1. The summed E-state index contributed by atoms with van der Waals surface area (Å²) in [4.78, 5) is 20.9. The second-order valence-corrected chi connectivity index (χ2v) is 3.64. The van der Waals surface area contributed by atoms with Crippen molar-refractivity contribution in [1.82, 2.24) is 5.32 Å². The van der Waals surface area contributed by atoms with E-state index in [1.165, 1.54) is 6.07 Å². The molecule has 2 N–H and O–H groups in total. The lowest BCUT2D eigenvalue weighted by atomic mass is 10.1. The van der Waals surface area contributed by atoms with Gasteiger partial charge in [0.1, 0.15) is 0 Å². The summed E-state index contributed by atoms with van der Waals surface area (Å²) in [6.45, 7) is 0. The first-order valence-electron chi connectivity index (χ1n) is 4.85. The van der Waals surface area contributed by atoms with E-state index >= 15 is 0 Å². The van der Waals surface area contributed by atoms with Gasteiger partial charge in [-0.05, 0) is 18.4 Å². The van der Waals surface area contributed by atoms with Crippen molar-refractivity contribution in [2.24, 2.45) is 0 Å². The highest BCUT2D eigenvalue weighted by molar-refractivity contribution is 5.66. The minimum absolute atomic E-state index is 0.0761.